The maximum atomic E-state index is 13.6. The van der Waals surface area contributed by atoms with Crippen molar-refractivity contribution in [2.75, 3.05) is 18.5 Å². The number of ether oxygens (including phenoxy) is 1. The van der Waals surface area contributed by atoms with Gasteiger partial charge in [0.1, 0.15) is 11.0 Å². The zero-order chi connectivity index (χ0) is 28.5. The molecule has 212 valence electrons. The van der Waals surface area contributed by atoms with Crippen molar-refractivity contribution in [3.05, 3.63) is 89.5 Å². The Morgan fingerprint density at radius 3 is 2.15 bits per heavy atom. The monoisotopic (exact) mass is 558 g/mol. The molecule has 0 aliphatic heterocycles. The van der Waals surface area contributed by atoms with Crippen LogP contribution in [0.5, 0.6) is 5.75 Å². The van der Waals surface area contributed by atoms with Gasteiger partial charge in [0.05, 0.1) is 6.61 Å². The predicted octanol–water partition coefficient (Wildman–Crippen LogP) is 8.17. The Morgan fingerprint density at radius 1 is 0.900 bits per heavy atom. The molecule has 5 nitrogen and oxygen atoms in total. The third-order valence-corrected chi connectivity index (χ3v) is 8.62. The quantitative estimate of drug-likeness (QED) is 0.246. The first-order valence-corrected chi connectivity index (χ1v) is 15.3. The summed E-state index contributed by atoms with van der Waals surface area (Å²) >= 11 is 1.47. The van der Waals surface area contributed by atoms with Gasteiger partial charge in [-0.05, 0) is 90.8 Å². The van der Waals surface area contributed by atoms with E-state index in [1.165, 1.54) is 49.4 Å². The van der Waals surface area contributed by atoms with Gasteiger partial charge in [-0.2, -0.15) is 0 Å². The number of nitrogens with one attached hydrogen (secondary N) is 2. The van der Waals surface area contributed by atoms with Crippen molar-refractivity contribution in [3.63, 3.8) is 0 Å². The number of carbonyl (C=O) groups is 2. The number of amides is 2. The lowest BCUT2D eigenvalue weighted by atomic mass is 9.86. The molecule has 1 aliphatic carbocycles. The molecule has 2 N–H and O–H groups in total. The van der Waals surface area contributed by atoms with Gasteiger partial charge in [0.2, 0.25) is 5.91 Å². The van der Waals surface area contributed by atoms with E-state index >= 15 is 0 Å². The summed E-state index contributed by atoms with van der Waals surface area (Å²) in [4.78, 5) is 26.7. The molecule has 3 aromatic rings. The summed E-state index contributed by atoms with van der Waals surface area (Å²) in [5.74, 6) is 1.28. The van der Waals surface area contributed by atoms with Crippen LogP contribution in [0.4, 0.5) is 5.69 Å². The maximum absolute atomic E-state index is 13.6. The molecular weight excluding hydrogens is 516 g/mol. The summed E-state index contributed by atoms with van der Waals surface area (Å²) in [5.41, 5.74) is 3.51. The fourth-order valence-corrected chi connectivity index (χ4v) is 5.95. The molecule has 0 radical (unpaired) electrons. The van der Waals surface area contributed by atoms with Crippen molar-refractivity contribution < 1.29 is 14.3 Å². The number of thioether (sulfide) groups is 1. The molecule has 1 fully saturated rings. The third kappa shape index (κ3) is 8.37. The topological polar surface area (TPSA) is 67.4 Å². The molecule has 4 rings (SSSR count). The number of anilines is 1. The molecule has 1 aliphatic rings. The Labute approximate surface area is 243 Å². The lowest BCUT2D eigenvalue weighted by molar-refractivity contribution is -0.115. The summed E-state index contributed by atoms with van der Waals surface area (Å²) in [6, 6.07) is 23.4. The lowest BCUT2D eigenvalue weighted by Gasteiger charge is -2.22. The largest absolute Gasteiger partial charge is 0.493 e. The first-order valence-electron chi connectivity index (χ1n) is 14.4. The van der Waals surface area contributed by atoms with Crippen molar-refractivity contribution >= 4 is 29.3 Å². The van der Waals surface area contributed by atoms with Gasteiger partial charge >= 0.3 is 0 Å². The molecule has 3 aromatic carbocycles. The highest BCUT2D eigenvalue weighted by atomic mass is 32.2. The van der Waals surface area contributed by atoms with Crippen molar-refractivity contribution in [3.8, 4) is 5.75 Å². The number of benzene rings is 3. The highest BCUT2D eigenvalue weighted by molar-refractivity contribution is 8.00. The molecule has 0 heterocycles. The van der Waals surface area contributed by atoms with Crippen LogP contribution in [0.1, 0.15) is 86.5 Å². The Bertz CT molecular complexity index is 1240. The molecule has 0 bridgehead atoms. The molecular formula is C34H42N2O3S. The minimum Gasteiger partial charge on any atom is -0.493 e. The number of carbonyl (C=O) groups excluding carboxylic acids is 2. The van der Waals surface area contributed by atoms with Crippen LogP contribution < -0.4 is 15.4 Å². The molecule has 1 saturated carbocycles. The summed E-state index contributed by atoms with van der Waals surface area (Å²) in [6.45, 7) is 9.77. The van der Waals surface area contributed by atoms with Crippen molar-refractivity contribution in [2.24, 2.45) is 5.92 Å². The number of hydrogen-bond donors (Lipinski definition) is 2. The summed E-state index contributed by atoms with van der Waals surface area (Å²) < 4.78 is 6.04. The van der Waals surface area contributed by atoms with E-state index in [4.69, 9.17) is 4.74 Å². The van der Waals surface area contributed by atoms with Gasteiger partial charge in [-0.25, -0.2) is 0 Å². The summed E-state index contributed by atoms with van der Waals surface area (Å²) in [7, 11) is 0. The third-order valence-electron chi connectivity index (χ3n) is 7.36. The van der Waals surface area contributed by atoms with Gasteiger partial charge in [0.15, 0.2) is 0 Å². The Kier molecular flexibility index (Phi) is 10.3. The second kappa shape index (κ2) is 13.9. The highest BCUT2D eigenvalue weighted by Gasteiger charge is 2.24. The molecule has 40 heavy (non-hydrogen) atoms. The van der Waals surface area contributed by atoms with Gasteiger partial charge in [-0.3, -0.25) is 9.59 Å². The van der Waals surface area contributed by atoms with E-state index in [1.54, 1.807) is 12.1 Å². The van der Waals surface area contributed by atoms with Crippen LogP contribution in [0.15, 0.2) is 77.7 Å². The minimum atomic E-state index is -0.466. The van der Waals surface area contributed by atoms with Crippen LogP contribution >= 0.6 is 11.8 Å². The van der Waals surface area contributed by atoms with Gasteiger partial charge in [-0.15, -0.1) is 11.8 Å². The number of hydrogen-bond acceptors (Lipinski definition) is 4. The van der Waals surface area contributed by atoms with Gasteiger partial charge < -0.3 is 15.4 Å². The number of rotatable bonds is 10. The van der Waals surface area contributed by atoms with E-state index < -0.39 is 5.25 Å². The zero-order valence-corrected chi connectivity index (χ0v) is 25.0. The van der Waals surface area contributed by atoms with E-state index in [0.717, 1.165) is 28.5 Å². The zero-order valence-electron chi connectivity index (χ0n) is 24.2. The van der Waals surface area contributed by atoms with Crippen LogP contribution in [0, 0.1) is 5.92 Å². The second-order valence-electron chi connectivity index (χ2n) is 11.6. The standard InChI is InChI=1S/C34H42N2O3S/c1-5-35-32(37)26-13-21-30(22-14-26)40-31(25-11-15-27(16-12-25)34(2,3)4)33(38)36-28-17-19-29(20-18-28)39-23-24-9-7-6-8-10-24/h11-22,24,31H,5-10,23H2,1-4H3,(H,35,37)(H,36,38). The first kappa shape index (κ1) is 29.7. The van der Waals surface area contributed by atoms with E-state index in [0.29, 0.717) is 18.0 Å². The average molecular weight is 559 g/mol. The van der Waals surface area contributed by atoms with E-state index in [9.17, 15) is 9.59 Å². The Hall–Kier alpha value is -3.25. The Balaban J connectivity index is 1.47. The van der Waals surface area contributed by atoms with Crippen LogP contribution in [-0.4, -0.2) is 25.0 Å². The second-order valence-corrected chi connectivity index (χ2v) is 12.8. The van der Waals surface area contributed by atoms with Crippen LogP contribution in [0.2, 0.25) is 0 Å². The molecule has 0 aromatic heterocycles. The predicted molar refractivity (Wildman–Crippen MR) is 165 cm³/mol. The molecule has 0 spiro atoms. The van der Waals surface area contributed by atoms with Gasteiger partial charge in [-0.1, -0.05) is 64.3 Å². The van der Waals surface area contributed by atoms with Gasteiger partial charge in [0.25, 0.3) is 5.91 Å². The van der Waals surface area contributed by atoms with Gasteiger partial charge in [0, 0.05) is 22.7 Å². The van der Waals surface area contributed by atoms with Crippen molar-refractivity contribution in [1.29, 1.82) is 0 Å². The van der Waals surface area contributed by atoms with E-state index in [2.05, 4.69) is 43.5 Å². The minimum absolute atomic E-state index is 0.0269. The average Bonchev–Trinajstić information content (AvgIpc) is 2.96. The molecule has 1 unspecified atom stereocenters. The smallest absolute Gasteiger partial charge is 0.251 e. The molecule has 2 amide bonds. The fourth-order valence-electron chi connectivity index (χ4n) is 4.92. The van der Waals surface area contributed by atoms with E-state index in [1.807, 2.05) is 55.5 Å². The van der Waals surface area contributed by atoms with Crippen molar-refractivity contribution in [1.82, 2.24) is 5.32 Å². The van der Waals surface area contributed by atoms with Crippen molar-refractivity contribution in [2.45, 2.75) is 75.4 Å². The molecule has 0 saturated heterocycles. The normalized spacial score (nSPS) is 14.8. The SMILES string of the molecule is CCNC(=O)c1ccc(SC(C(=O)Nc2ccc(OCC3CCCCC3)cc2)c2ccc(C(C)(C)C)cc2)cc1. The van der Waals surface area contributed by atoms with Crippen LogP contribution in [-0.2, 0) is 10.2 Å². The lowest BCUT2D eigenvalue weighted by Crippen LogP contribution is -2.22. The Morgan fingerprint density at radius 2 is 1.55 bits per heavy atom. The summed E-state index contributed by atoms with van der Waals surface area (Å²) in [6.07, 6.45) is 6.44. The first-order chi connectivity index (χ1) is 19.2. The molecule has 6 heteroatoms. The van der Waals surface area contributed by atoms with Crippen LogP contribution in [0.3, 0.4) is 0 Å². The van der Waals surface area contributed by atoms with E-state index in [-0.39, 0.29) is 17.2 Å². The maximum Gasteiger partial charge on any atom is 0.251 e. The highest BCUT2D eigenvalue weighted by Crippen LogP contribution is 2.37. The van der Waals surface area contributed by atoms with Crippen LogP contribution in [0.25, 0.3) is 0 Å². The molecule has 1 atom stereocenters. The fraction of sp³-hybridized carbons (Fsp3) is 0.412. The summed E-state index contributed by atoms with van der Waals surface area (Å²) in [5, 5.41) is 5.46.